The number of carboxylic acid groups (broad SMARTS) is 1. The zero-order valence-corrected chi connectivity index (χ0v) is 11.5. The van der Waals surface area contributed by atoms with Crippen LogP contribution in [0.25, 0.3) is 0 Å². The molecule has 0 bridgehead atoms. The molecule has 5 nitrogen and oxygen atoms in total. The molecule has 20 heavy (non-hydrogen) atoms. The van der Waals surface area contributed by atoms with Crippen molar-refractivity contribution in [2.45, 2.75) is 32.4 Å². The number of carboxylic acids is 1. The number of carbonyl (C=O) groups excluding carboxylic acids is 1. The molecule has 1 aliphatic heterocycles. The van der Waals surface area contributed by atoms with Gasteiger partial charge in [0.1, 0.15) is 6.61 Å². The Kier molecular flexibility index (Phi) is 4.61. The van der Waals surface area contributed by atoms with Crippen molar-refractivity contribution in [2.75, 3.05) is 6.54 Å². The van der Waals surface area contributed by atoms with Crippen LogP contribution in [0.5, 0.6) is 0 Å². The molecule has 2 unspecified atom stereocenters. The first-order chi connectivity index (χ1) is 9.59. The van der Waals surface area contributed by atoms with Crippen LogP contribution in [0.2, 0.25) is 0 Å². The maximum Gasteiger partial charge on any atom is 0.410 e. The molecule has 1 aliphatic rings. The summed E-state index contributed by atoms with van der Waals surface area (Å²) in [7, 11) is 0. The first kappa shape index (κ1) is 14.4. The number of hydrogen-bond donors (Lipinski definition) is 1. The van der Waals surface area contributed by atoms with Gasteiger partial charge in [0.2, 0.25) is 0 Å². The summed E-state index contributed by atoms with van der Waals surface area (Å²) in [6, 6.07) is 9.10. The van der Waals surface area contributed by atoms with Crippen LogP contribution in [0.4, 0.5) is 4.79 Å². The third-order valence-electron chi connectivity index (χ3n) is 3.74. The van der Waals surface area contributed by atoms with E-state index >= 15 is 0 Å². The summed E-state index contributed by atoms with van der Waals surface area (Å²) in [6.07, 6.45) is 0.869. The SMILES string of the molecule is CC1C(C(=O)O)CCCN1C(=O)OCc1ccccc1. The van der Waals surface area contributed by atoms with E-state index in [1.807, 2.05) is 30.3 Å². The Morgan fingerprint density at radius 3 is 2.70 bits per heavy atom. The number of nitrogens with zero attached hydrogens (tertiary/aromatic N) is 1. The van der Waals surface area contributed by atoms with Gasteiger partial charge in [-0.1, -0.05) is 30.3 Å². The first-order valence-electron chi connectivity index (χ1n) is 6.79. The minimum Gasteiger partial charge on any atom is -0.481 e. The van der Waals surface area contributed by atoms with Crippen LogP contribution < -0.4 is 0 Å². The Morgan fingerprint density at radius 2 is 2.05 bits per heavy atom. The Labute approximate surface area is 118 Å². The molecule has 1 aromatic carbocycles. The molecule has 1 aromatic rings. The highest BCUT2D eigenvalue weighted by molar-refractivity contribution is 5.74. The van der Waals surface area contributed by atoms with Crippen molar-refractivity contribution in [3.63, 3.8) is 0 Å². The predicted octanol–water partition coefficient (Wildman–Crippen LogP) is 2.51. The molecule has 1 saturated heterocycles. The molecule has 1 fully saturated rings. The number of ether oxygens (including phenoxy) is 1. The molecule has 108 valence electrons. The second-order valence-electron chi connectivity index (χ2n) is 5.06. The zero-order valence-electron chi connectivity index (χ0n) is 11.5. The summed E-state index contributed by atoms with van der Waals surface area (Å²) in [5.74, 6) is -1.36. The summed E-state index contributed by atoms with van der Waals surface area (Å²) in [6.45, 7) is 2.53. The van der Waals surface area contributed by atoms with E-state index in [2.05, 4.69) is 0 Å². The van der Waals surface area contributed by atoms with E-state index in [4.69, 9.17) is 9.84 Å². The minimum absolute atomic E-state index is 0.209. The molecule has 0 saturated carbocycles. The molecular formula is C15H19NO4. The van der Waals surface area contributed by atoms with E-state index in [0.29, 0.717) is 19.4 Å². The van der Waals surface area contributed by atoms with Crippen molar-refractivity contribution in [3.05, 3.63) is 35.9 Å². The number of benzene rings is 1. The van der Waals surface area contributed by atoms with Gasteiger partial charge in [0.15, 0.2) is 0 Å². The average Bonchev–Trinajstić information content (AvgIpc) is 2.46. The summed E-state index contributed by atoms with van der Waals surface area (Å²) in [4.78, 5) is 24.7. The highest BCUT2D eigenvalue weighted by Crippen LogP contribution is 2.24. The zero-order chi connectivity index (χ0) is 14.5. The van der Waals surface area contributed by atoms with Crippen molar-refractivity contribution < 1.29 is 19.4 Å². The molecule has 0 aliphatic carbocycles. The van der Waals surface area contributed by atoms with Gasteiger partial charge in [-0.2, -0.15) is 0 Å². The Balaban J connectivity index is 1.93. The molecule has 0 aromatic heterocycles. The molecule has 0 spiro atoms. The fourth-order valence-corrected chi connectivity index (χ4v) is 2.53. The van der Waals surface area contributed by atoms with Gasteiger partial charge in [-0.05, 0) is 25.3 Å². The van der Waals surface area contributed by atoms with E-state index < -0.39 is 18.0 Å². The molecular weight excluding hydrogens is 258 g/mol. The fraction of sp³-hybridized carbons (Fsp3) is 0.467. The molecule has 2 rings (SSSR count). The maximum atomic E-state index is 12.1. The monoisotopic (exact) mass is 277 g/mol. The van der Waals surface area contributed by atoms with E-state index in [1.165, 1.54) is 4.90 Å². The molecule has 1 N–H and O–H groups in total. The fourth-order valence-electron chi connectivity index (χ4n) is 2.53. The normalized spacial score (nSPS) is 22.4. The Morgan fingerprint density at radius 1 is 1.35 bits per heavy atom. The lowest BCUT2D eigenvalue weighted by atomic mass is 9.91. The predicted molar refractivity (Wildman–Crippen MR) is 73.2 cm³/mol. The molecule has 0 radical (unpaired) electrons. The van der Waals surface area contributed by atoms with Gasteiger partial charge in [-0.3, -0.25) is 4.79 Å². The lowest BCUT2D eigenvalue weighted by Gasteiger charge is -2.36. The van der Waals surface area contributed by atoms with Gasteiger partial charge in [-0.15, -0.1) is 0 Å². The van der Waals surface area contributed by atoms with Crippen LogP contribution in [-0.4, -0.2) is 34.7 Å². The number of amides is 1. The Hall–Kier alpha value is -2.04. The van der Waals surface area contributed by atoms with Crippen molar-refractivity contribution in [3.8, 4) is 0 Å². The number of aliphatic carboxylic acids is 1. The highest BCUT2D eigenvalue weighted by Gasteiger charge is 2.36. The topological polar surface area (TPSA) is 66.8 Å². The van der Waals surface area contributed by atoms with Crippen LogP contribution in [0.1, 0.15) is 25.3 Å². The molecule has 2 atom stereocenters. The summed E-state index contributed by atoms with van der Waals surface area (Å²) in [5.41, 5.74) is 0.917. The first-order valence-corrected chi connectivity index (χ1v) is 6.79. The van der Waals surface area contributed by atoms with Crippen molar-refractivity contribution in [2.24, 2.45) is 5.92 Å². The number of piperidine rings is 1. The Bertz CT molecular complexity index is 474. The second kappa shape index (κ2) is 6.41. The largest absolute Gasteiger partial charge is 0.481 e. The summed E-state index contributed by atoms with van der Waals surface area (Å²) < 4.78 is 5.26. The number of rotatable bonds is 3. The van der Waals surface area contributed by atoms with Crippen molar-refractivity contribution in [1.82, 2.24) is 4.90 Å². The number of hydrogen-bond acceptors (Lipinski definition) is 3. The molecule has 1 amide bonds. The van der Waals surface area contributed by atoms with Crippen LogP contribution in [0.15, 0.2) is 30.3 Å². The van der Waals surface area contributed by atoms with Gasteiger partial charge in [-0.25, -0.2) is 4.79 Å². The number of carbonyl (C=O) groups is 2. The third kappa shape index (κ3) is 3.29. The van der Waals surface area contributed by atoms with Gasteiger partial charge in [0.05, 0.1) is 5.92 Å². The lowest BCUT2D eigenvalue weighted by molar-refractivity contribution is -0.145. The van der Waals surface area contributed by atoms with Crippen molar-refractivity contribution >= 4 is 12.1 Å². The molecule has 1 heterocycles. The number of likely N-dealkylation sites (tertiary alicyclic amines) is 1. The van der Waals surface area contributed by atoms with Crippen LogP contribution >= 0.6 is 0 Å². The summed E-state index contributed by atoms with van der Waals surface area (Å²) in [5, 5.41) is 9.14. The quantitative estimate of drug-likeness (QED) is 0.921. The maximum absolute atomic E-state index is 12.1. The lowest BCUT2D eigenvalue weighted by Crippen LogP contribution is -2.49. The van der Waals surface area contributed by atoms with E-state index in [0.717, 1.165) is 5.56 Å². The smallest absolute Gasteiger partial charge is 0.410 e. The van der Waals surface area contributed by atoms with Gasteiger partial charge in [0.25, 0.3) is 0 Å². The van der Waals surface area contributed by atoms with E-state index in [-0.39, 0.29) is 12.6 Å². The summed E-state index contributed by atoms with van der Waals surface area (Å²) >= 11 is 0. The van der Waals surface area contributed by atoms with E-state index in [1.54, 1.807) is 6.92 Å². The van der Waals surface area contributed by atoms with Gasteiger partial charge >= 0.3 is 12.1 Å². The van der Waals surface area contributed by atoms with Crippen molar-refractivity contribution in [1.29, 1.82) is 0 Å². The third-order valence-corrected chi connectivity index (χ3v) is 3.74. The second-order valence-corrected chi connectivity index (χ2v) is 5.06. The minimum atomic E-state index is -0.849. The van der Waals surface area contributed by atoms with E-state index in [9.17, 15) is 9.59 Å². The standard InChI is InChI=1S/C15H19NO4/c1-11-13(14(17)18)8-5-9-16(11)15(19)20-10-12-6-3-2-4-7-12/h2-4,6-7,11,13H,5,8-10H2,1H3,(H,17,18). The molecule has 5 heteroatoms. The van der Waals surface area contributed by atoms with Gasteiger partial charge < -0.3 is 14.7 Å². The van der Waals surface area contributed by atoms with Crippen LogP contribution in [0, 0.1) is 5.92 Å². The highest BCUT2D eigenvalue weighted by atomic mass is 16.6. The average molecular weight is 277 g/mol. The van der Waals surface area contributed by atoms with Crippen LogP contribution in [-0.2, 0) is 16.1 Å². The van der Waals surface area contributed by atoms with Crippen LogP contribution in [0.3, 0.4) is 0 Å². The van der Waals surface area contributed by atoms with Gasteiger partial charge in [0, 0.05) is 12.6 Å².